The minimum atomic E-state index is -0.825. The van der Waals surface area contributed by atoms with E-state index in [4.69, 9.17) is 19.2 Å². The molecule has 0 fully saturated rings. The highest BCUT2D eigenvalue weighted by Gasteiger charge is 2.36. The normalized spacial score (nSPS) is 14.2. The summed E-state index contributed by atoms with van der Waals surface area (Å²) in [7, 11) is 3.56. The summed E-state index contributed by atoms with van der Waals surface area (Å²) in [6, 6.07) is 15.0. The van der Waals surface area contributed by atoms with E-state index in [1.165, 1.54) is 16.1 Å². The van der Waals surface area contributed by atoms with Gasteiger partial charge in [-0.15, -0.1) is 0 Å². The van der Waals surface area contributed by atoms with Crippen LogP contribution in [0.25, 0.3) is 0 Å². The second-order valence-electron chi connectivity index (χ2n) is 18.0. The minimum Gasteiger partial charge on any atom is -0.492 e. The Morgan fingerprint density at radius 1 is 0.727 bits per heavy atom. The molecular formula is C47H64N12O7. The van der Waals surface area contributed by atoms with Crippen LogP contribution in [0.3, 0.4) is 0 Å². The van der Waals surface area contributed by atoms with Gasteiger partial charge in [-0.3, -0.25) is 14.6 Å². The van der Waals surface area contributed by atoms with Gasteiger partial charge in [-0.05, 0) is 98.1 Å². The highest BCUT2D eigenvalue weighted by atomic mass is 16.6. The van der Waals surface area contributed by atoms with Gasteiger partial charge in [0, 0.05) is 83.2 Å². The van der Waals surface area contributed by atoms with Crippen molar-refractivity contribution < 1.29 is 33.4 Å². The molecular weight excluding hydrogens is 845 g/mol. The summed E-state index contributed by atoms with van der Waals surface area (Å²) in [4.78, 5) is 80.3. The number of anilines is 6. The van der Waals surface area contributed by atoms with Gasteiger partial charge in [0.1, 0.15) is 40.5 Å². The molecule has 2 aromatic heterocycles. The SMILES string of the molecule is CCNc1ncc2c(n1)N(C)CCN(c1cccc(CCCN(C(=O)OC(C)(C)C)N3CCN(c4cccc(OCCN(C)C(=O)OC(C)(C)C)c4)C(=O)c4cnc(NCC)nc43)c1)C2=O. The number of hydrogen-bond acceptors (Lipinski definition) is 15. The summed E-state index contributed by atoms with van der Waals surface area (Å²) < 4.78 is 17.5. The van der Waals surface area contributed by atoms with Crippen molar-refractivity contribution in [3.05, 3.63) is 77.6 Å². The van der Waals surface area contributed by atoms with Crippen LogP contribution in [0.2, 0.25) is 0 Å². The molecule has 4 amide bonds. The lowest BCUT2D eigenvalue weighted by Gasteiger charge is -2.36. The van der Waals surface area contributed by atoms with Gasteiger partial charge in [-0.25, -0.2) is 24.6 Å². The van der Waals surface area contributed by atoms with Crippen LogP contribution in [-0.2, 0) is 15.9 Å². The van der Waals surface area contributed by atoms with E-state index in [1.54, 1.807) is 67.0 Å². The van der Waals surface area contributed by atoms with Crippen molar-refractivity contribution in [1.29, 1.82) is 0 Å². The summed E-state index contributed by atoms with van der Waals surface area (Å²) in [6.07, 6.45) is 3.06. The number of ether oxygens (including phenoxy) is 3. The molecule has 0 spiro atoms. The molecule has 66 heavy (non-hydrogen) atoms. The molecule has 19 heteroatoms. The second-order valence-corrected chi connectivity index (χ2v) is 18.0. The number of carbonyl (C=O) groups excluding carboxylic acids is 4. The number of hydrazine groups is 1. The van der Waals surface area contributed by atoms with Crippen molar-refractivity contribution in [2.45, 2.75) is 79.4 Å². The predicted molar refractivity (Wildman–Crippen MR) is 255 cm³/mol. The van der Waals surface area contributed by atoms with Crippen LogP contribution >= 0.6 is 0 Å². The van der Waals surface area contributed by atoms with E-state index < -0.39 is 23.4 Å². The van der Waals surface area contributed by atoms with Gasteiger partial charge in [-0.2, -0.15) is 9.97 Å². The zero-order chi connectivity index (χ0) is 47.8. The molecule has 0 unspecified atom stereocenters. The van der Waals surface area contributed by atoms with Crippen LogP contribution in [0.5, 0.6) is 5.75 Å². The van der Waals surface area contributed by atoms with Crippen LogP contribution in [0.4, 0.5) is 44.5 Å². The fourth-order valence-corrected chi connectivity index (χ4v) is 7.31. The molecule has 2 aliphatic rings. The van der Waals surface area contributed by atoms with Gasteiger partial charge in [-0.1, -0.05) is 18.2 Å². The monoisotopic (exact) mass is 909 g/mol. The second kappa shape index (κ2) is 20.9. The Morgan fingerprint density at radius 2 is 1.29 bits per heavy atom. The first-order valence-corrected chi connectivity index (χ1v) is 22.5. The molecule has 19 nitrogen and oxygen atoms in total. The molecule has 0 radical (unpaired) electrons. The van der Waals surface area contributed by atoms with E-state index in [0.29, 0.717) is 73.7 Å². The van der Waals surface area contributed by atoms with Crippen LogP contribution in [0, 0.1) is 0 Å². The fourth-order valence-electron chi connectivity index (χ4n) is 7.31. The fraction of sp³-hybridized carbons (Fsp3) is 0.489. The van der Waals surface area contributed by atoms with Crippen LogP contribution < -0.4 is 35.1 Å². The predicted octanol–water partition coefficient (Wildman–Crippen LogP) is 6.72. The quantitative estimate of drug-likeness (QED) is 0.128. The third-order valence-corrected chi connectivity index (χ3v) is 10.4. The molecule has 6 rings (SSSR count). The molecule has 354 valence electrons. The average molecular weight is 909 g/mol. The summed E-state index contributed by atoms with van der Waals surface area (Å²) in [5, 5.41) is 9.48. The maximum absolute atomic E-state index is 14.5. The Hall–Kier alpha value is -6.92. The van der Waals surface area contributed by atoms with Crippen LogP contribution in [0.1, 0.15) is 88.1 Å². The molecule has 4 heterocycles. The Labute approximate surface area is 387 Å². The number of aryl methyl sites for hydroxylation is 1. The number of amides is 4. The van der Waals surface area contributed by atoms with E-state index in [-0.39, 0.29) is 56.0 Å². The lowest BCUT2D eigenvalue weighted by molar-refractivity contribution is 0.0220. The maximum atomic E-state index is 14.5. The standard InChI is InChI=1S/C47H64N12O7/c1-11-48-42-50-30-36-38(52-42)54(9)22-23-56(40(36)60)33-18-13-16-32(28-33)17-15-21-59(45(63)66-47(6,7)8)58-25-24-57(41(61)37-31-51-43(49-12-2)53-39(37)58)34-19-14-20-35(29-34)64-27-26-55(10)44(62)65-46(3,4)5/h13-14,16,18-20,28-31H,11-12,15,17,21-27H2,1-10H3,(H,48,50,52)(H,49,51,53). The Balaban J connectivity index is 1.23. The number of rotatable bonds is 15. The van der Waals surface area contributed by atoms with Gasteiger partial charge < -0.3 is 44.4 Å². The van der Waals surface area contributed by atoms with Crippen molar-refractivity contribution in [2.75, 3.05) is 103 Å². The number of nitrogens with one attached hydrogen (secondary N) is 2. The van der Waals surface area contributed by atoms with Crippen molar-refractivity contribution in [2.24, 2.45) is 0 Å². The van der Waals surface area contributed by atoms with Crippen LogP contribution in [-0.4, -0.2) is 138 Å². The number of likely N-dealkylation sites (N-methyl/N-ethyl adjacent to an activating group) is 2. The van der Waals surface area contributed by atoms with Crippen molar-refractivity contribution in [3.63, 3.8) is 0 Å². The smallest absolute Gasteiger partial charge is 0.429 e. The maximum Gasteiger partial charge on any atom is 0.429 e. The molecule has 0 saturated carbocycles. The van der Waals surface area contributed by atoms with E-state index in [9.17, 15) is 19.2 Å². The lowest BCUT2D eigenvalue weighted by atomic mass is 10.1. The number of nitrogens with zero attached hydrogens (tertiary/aromatic N) is 10. The van der Waals surface area contributed by atoms with Gasteiger partial charge in [0.15, 0.2) is 5.82 Å². The Bertz CT molecular complexity index is 2370. The van der Waals surface area contributed by atoms with E-state index >= 15 is 0 Å². The molecule has 0 bridgehead atoms. The van der Waals surface area contributed by atoms with E-state index in [2.05, 4.69) is 25.6 Å². The van der Waals surface area contributed by atoms with E-state index in [0.717, 1.165) is 11.3 Å². The van der Waals surface area contributed by atoms with Crippen molar-refractivity contribution in [1.82, 2.24) is 29.8 Å². The van der Waals surface area contributed by atoms with Gasteiger partial charge >= 0.3 is 12.2 Å². The Kier molecular flexibility index (Phi) is 15.4. The highest BCUT2D eigenvalue weighted by Crippen LogP contribution is 2.32. The first-order chi connectivity index (χ1) is 31.3. The molecule has 0 saturated heterocycles. The molecule has 2 aliphatic heterocycles. The van der Waals surface area contributed by atoms with Gasteiger partial charge in [0.2, 0.25) is 11.9 Å². The number of fused-ring (bicyclic) bond motifs is 2. The summed E-state index contributed by atoms with van der Waals surface area (Å²) in [5.41, 5.74) is 1.44. The molecule has 0 atom stereocenters. The van der Waals surface area contributed by atoms with E-state index in [1.807, 2.05) is 76.9 Å². The van der Waals surface area contributed by atoms with Gasteiger partial charge in [0.05, 0.1) is 13.1 Å². The number of carbonyl (C=O) groups is 4. The van der Waals surface area contributed by atoms with Crippen molar-refractivity contribution >= 4 is 58.9 Å². The number of aromatic nitrogens is 4. The molecule has 0 aliphatic carbocycles. The number of benzene rings is 2. The number of hydrogen-bond donors (Lipinski definition) is 2. The van der Waals surface area contributed by atoms with Crippen LogP contribution in [0.15, 0.2) is 60.9 Å². The zero-order valence-corrected chi connectivity index (χ0v) is 39.9. The minimum absolute atomic E-state index is 0.168. The first-order valence-electron chi connectivity index (χ1n) is 22.5. The third kappa shape index (κ3) is 12.2. The largest absolute Gasteiger partial charge is 0.492 e. The summed E-state index contributed by atoms with van der Waals surface area (Å²) in [5.74, 6) is 1.56. The Morgan fingerprint density at radius 3 is 1.91 bits per heavy atom. The molecule has 2 N–H and O–H groups in total. The average Bonchev–Trinajstić information content (AvgIpc) is 3.47. The third-order valence-electron chi connectivity index (χ3n) is 10.4. The van der Waals surface area contributed by atoms with Gasteiger partial charge in [0.25, 0.3) is 11.8 Å². The van der Waals surface area contributed by atoms with Crippen molar-refractivity contribution in [3.8, 4) is 5.75 Å². The summed E-state index contributed by atoms with van der Waals surface area (Å²) in [6.45, 7) is 18.0. The lowest BCUT2D eigenvalue weighted by Crippen LogP contribution is -2.51. The molecule has 4 aromatic rings. The highest BCUT2D eigenvalue weighted by molar-refractivity contribution is 6.10. The first kappa shape index (κ1) is 48.5. The molecule has 2 aromatic carbocycles. The topological polar surface area (TPSA) is 191 Å². The summed E-state index contributed by atoms with van der Waals surface area (Å²) >= 11 is 0. The zero-order valence-electron chi connectivity index (χ0n) is 39.9.